The summed E-state index contributed by atoms with van der Waals surface area (Å²) in [5.41, 5.74) is 2.99. The summed E-state index contributed by atoms with van der Waals surface area (Å²) in [4.78, 5) is 30.1. The zero-order valence-corrected chi connectivity index (χ0v) is 16.1. The molecule has 144 valence electrons. The van der Waals surface area contributed by atoms with Crippen molar-refractivity contribution in [3.05, 3.63) is 71.9 Å². The normalized spacial score (nSPS) is 16.9. The van der Waals surface area contributed by atoms with Gasteiger partial charge in [-0.05, 0) is 55.4 Å². The topological polar surface area (TPSA) is 40.6 Å². The number of likely N-dealkylation sites (tertiary alicyclic amines) is 1. The fourth-order valence-corrected chi connectivity index (χ4v) is 4.06. The van der Waals surface area contributed by atoms with Gasteiger partial charge in [-0.3, -0.25) is 9.59 Å². The molecule has 0 atom stereocenters. The second kappa shape index (κ2) is 8.42. The number of allylic oxidation sites excluding steroid dienone is 1. The second-order valence-corrected chi connectivity index (χ2v) is 7.47. The molecule has 1 fully saturated rings. The first-order valence-corrected chi connectivity index (χ1v) is 10.2. The SMILES string of the molecule is O=C(c1ccccc1-c1ccccc1C(=O)N1CCCCC1)N1C=CCCC1. The van der Waals surface area contributed by atoms with Gasteiger partial charge in [-0.25, -0.2) is 0 Å². The summed E-state index contributed by atoms with van der Waals surface area (Å²) in [6.45, 7) is 2.36. The fourth-order valence-electron chi connectivity index (χ4n) is 4.06. The lowest BCUT2D eigenvalue weighted by Crippen LogP contribution is -2.36. The van der Waals surface area contributed by atoms with E-state index in [1.54, 1.807) is 4.90 Å². The number of nitrogens with zero attached hydrogens (tertiary/aromatic N) is 2. The summed E-state index contributed by atoms with van der Waals surface area (Å²) in [6.07, 6.45) is 9.22. The van der Waals surface area contributed by atoms with Gasteiger partial charge in [-0.1, -0.05) is 42.5 Å². The number of benzene rings is 2. The van der Waals surface area contributed by atoms with Crippen LogP contribution in [0.3, 0.4) is 0 Å². The predicted molar refractivity (Wildman–Crippen MR) is 111 cm³/mol. The lowest BCUT2D eigenvalue weighted by atomic mass is 9.93. The van der Waals surface area contributed by atoms with Crippen LogP contribution in [0, 0.1) is 0 Å². The number of carbonyl (C=O) groups excluding carboxylic acids is 2. The van der Waals surface area contributed by atoms with Crippen molar-refractivity contribution in [2.24, 2.45) is 0 Å². The average molecular weight is 374 g/mol. The molecule has 4 heteroatoms. The van der Waals surface area contributed by atoms with E-state index < -0.39 is 0 Å². The van der Waals surface area contributed by atoms with Gasteiger partial charge in [-0.2, -0.15) is 0 Å². The van der Waals surface area contributed by atoms with Crippen LogP contribution in [0.25, 0.3) is 11.1 Å². The van der Waals surface area contributed by atoms with Crippen molar-refractivity contribution in [3.8, 4) is 11.1 Å². The molecule has 0 unspecified atom stereocenters. The van der Waals surface area contributed by atoms with Crippen LogP contribution in [0.1, 0.15) is 52.8 Å². The van der Waals surface area contributed by atoms with E-state index in [1.165, 1.54) is 6.42 Å². The van der Waals surface area contributed by atoms with E-state index in [9.17, 15) is 9.59 Å². The summed E-state index contributed by atoms with van der Waals surface area (Å²) in [5, 5.41) is 0. The number of hydrogen-bond donors (Lipinski definition) is 0. The molecule has 28 heavy (non-hydrogen) atoms. The molecule has 0 aliphatic carbocycles. The highest BCUT2D eigenvalue weighted by Gasteiger charge is 2.24. The molecular weight excluding hydrogens is 348 g/mol. The van der Waals surface area contributed by atoms with Crippen LogP contribution in [0.5, 0.6) is 0 Å². The van der Waals surface area contributed by atoms with E-state index in [4.69, 9.17) is 0 Å². The Morgan fingerprint density at radius 3 is 1.89 bits per heavy atom. The molecule has 2 amide bonds. The van der Waals surface area contributed by atoms with Crippen LogP contribution in [0.4, 0.5) is 0 Å². The highest BCUT2D eigenvalue weighted by atomic mass is 16.2. The van der Waals surface area contributed by atoms with Crippen LogP contribution in [-0.2, 0) is 0 Å². The van der Waals surface area contributed by atoms with Crippen molar-refractivity contribution in [1.29, 1.82) is 0 Å². The summed E-state index contributed by atoms with van der Waals surface area (Å²) < 4.78 is 0. The van der Waals surface area contributed by atoms with E-state index in [1.807, 2.05) is 65.7 Å². The molecule has 1 saturated heterocycles. The van der Waals surface area contributed by atoms with Gasteiger partial charge in [-0.15, -0.1) is 0 Å². The van der Waals surface area contributed by atoms with Crippen molar-refractivity contribution in [3.63, 3.8) is 0 Å². The van der Waals surface area contributed by atoms with Crippen molar-refractivity contribution < 1.29 is 9.59 Å². The Kier molecular flexibility index (Phi) is 5.56. The minimum Gasteiger partial charge on any atom is -0.339 e. The van der Waals surface area contributed by atoms with E-state index in [2.05, 4.69) is 0 Å². The van der Waals surface area contributed by atoms with Gasteiger partial charge in [0.2, 0.25) is 0 Å². The molecule has 0 radical (unpaired) electrons. The molecule has 2 aromatic rings. The minimum absolute atomic E-state index is 0.00762. The van der Waals surface area contributed by atoms with Gasteiger partial charge in [0.15, 0.2) is 0 Å². The molecule has 0 N–H and O–H groups in total. The Hall–Kier alpha value is -2.88. The molecule has 2 aliphatic heterocycles. The Labute approximate surface area is 166 Å². The maximum atomic E-state index is 13.2. The number of amides is 2. The third kappa shape index (κ3) is 3.72. The van der Waals surface area contributed by atoms with Gasteiger partial charge in [0.25, 0.3) is 11.8 Å². The van der Waals surface area contributed by atoms with Gasteiger partial charge in [0, 0.05) is 37.0 Å². The zero-order valence-electron chi connectivity index (χ0n) is 16.1. The molecule has 0 spiro atoms. The Morgan fingerprint density at radius 2 is 1.29 bits per heavy atom. The molecule has 2 aliphatic rings. The first-order valence-electron chi connectivity index (χ1n) is 10.2. The maximum Gasteiger partial charge on any atom is 0.258 e. The first kappa shape index (κ1) is 18.5. The Balaban J connectivity index is 1.72. The molecule has 0 saturated carbocycles. The maximum absolute atomic E-state index is 13.2. The van der Waals surface area contributed by atoms with Gasteiger partial charge >= 0.3 is 0 Å². The lowest BCUT2D eigenvalue weighted by Gasteiger charge is -2.28. The van der Waals surface area contributed by atoms with Crippen molar-refractivity contribution in [2.75, 3.05) is 19.6 Å². The molecule has 2 aromatic carbocycles. The van der Waals surface area contributed by atoms with Crippen molar-refractivity contribution in [2.45, 2.75) is 32.1 Å². The average Bonchev–Trinajstić information content (AvgIpc) is 2.79. The molecule has 4 nitrogen and oxygen atoms in total. The molecule has 4 rings (SSSR count). The number of hydrogen-bond acceptors (Lipinski definition) is 2. The number of rotatable bonds is 3. The molecule has 0 bridgehead atoms. The first-order chi connectivity index (χ1) is 13.8. The van der Waals surface area contributed by atoms with Crippen molar-refractivity contribution in [1.82, 2.24) is 9.80 Å². The quantitative estimate of drug-likeness (QED) is 0.779. The lowest BCUT2D eigenvalue weighted by molar-refractivity contribution is 0.0724. The monoisotopic (exact) mass is 374 g/mol. The van der Waals surface area contributed by atoms with E-state index in [0.29, 0.717) is 11.1 Å². The van der Waals surface area contributed by atoms with E-state index in [-0.39, 0.29) is 11.8 Å². The van der Waals surface area contributed by atoms with Crippen LogP contribution >= 0.6 is 0 Å². The standard InChI is InChI=1S/C24H26N2O2/c27-23(25-15-7-1-8-16-25)21-13-5-3-11-19(21)20-12-4-6-14-22(20)24(28)26-17-9-2-10-18-26/h3-7,11-15H,1-2,8-10,16-18H2. The predicted octanol–water partition coefficient (Wildman–Crippen LogP) is 4.73. The van der Waals surface area contributed by atoms with Crippen LogP contribution in [-0.4, -0.2) is 41.2 Å². The third-order valence-electron chi connectivity index (χ3n) is 5.56. The van der Waals surface area contributed by atoms with E-state index >= 15 is 0 Å². The highest BCUT2D eigenvalue weighted by molar-refractivity contribution is 6.06. The summed E-state index contributed by atoms with van der Waals surface area (Å²) in [6, 6.07) is 15.3. The highest BCUT2D eigenvalue weighted by Crippen LogP contribution is 2.30. The van der Waals surface area contributed by atoms with Gasteiger partial charge in [0.05, 0.1) is 0 Å². The second-order valence-electron chi connectivity index (χ2n) is 7.47. The van der Waals surface area contributed by atoms with Crippen LogP contribution in [0.15, 0.2) is 60.8 Å². The molecule has 2 heterocycles. The van der Waals surface area contributed by atoms with E-state index in [0.717, 1.165) is 56.4 Å². The Bertz CT molecular complexity index is 897. The summed E-state index contributed by atoms with van der Waals surface area (Å²) in [5.74, 6) is 0.0576. The third-order valence-corrected chi connectivity index (χ3v) is 5.56. The zero-order chi connectivity index (χ0) is 19.3. The van der Waals surface area contributed by atoms with Crippen molar-refractivity contribution >= 4 is 11.8 Å². The fraction of sp³-hybridized carbons (Fsp3) is 0.333. The molecular formula is C24H26N2O2. The molecule has 0 aromatic heterocycles. The van der Waals surface area contributed by atoms with Gasteiger partial charge < -0.3 is 9.80 Å². The number of piperidine rings is 1. The Morgan fingerprint density at radius 1 is 0.679 bits per heavy atom. The smallest absolute Gasteiger partial charge is 0.258 e. The van der Waals surface area contributed by atoms with Gasteiger partial charge in [0.1, 0.15) is 0 Å². The summed E-state index contributed by atoms with van der Waals surface area (Å²) in [7, 11) is 0. The number of carbonyl (C=O) groups is 2. The van der Waals surface area contributed by atoms with Crippen LogP contribution < -0.4 is 0 Å². The summed E-state index contributed by atoms with van der Waals surface area (Å²) >= 11 is 0. The van der Waals surface area contributed by atoms with Crippen LogP contribution in [0.2, 0.25) is 0 Å². The minimum atomic E-state index is -0.00762. The largest absolute Gasteiger partial charge is 0.339 e.